The Hall–Kier alpha value is -0.791. The Morgan fingerprint density at radius 3 is 2.08 bits per heavy atom. The molecule has 0 fully saturated rings. The van der Waals surface area contributed by atoms with E-state index < -0.39 is 0 Å². The fraction of sp³-hybridized carbons (Fsp3) is 0.300. The quantitative estimate of drug-likeness (QED) is 0.346. The summed E-state index contributed by atoms with van der Waals surface area (Å²) in [6.45, 7) is 6.08. The standard InChI is InChI=1S/C10H12NOSe/c1-6-4-7(2)9(8(3)5-6)10(13)11-12/h4-5,12H,1-3H3/b11-10-. The third kappa shape index (κ3) is 2.11. The second-order valence-electron chi connectivity index (χ2n) is 3.18. The van der Waals surface area contributed by atoms with Gasteiger partial charge in [0.2, 0.25) is 0 Å². The summed E-state index contributed by atoms with van der Waals surface area (Å²) in [5.41, 5.74) is 4.48. The van der Waals surface area contributed by atoms with Gasteiger partial charge < -0.3 is 0 Å². The van der Waals surface area contributed by atoms with Crippen molar-refractivity contribution in [3.05, 3.63) is 34.4 Å². The van der Waals surface area contributed by atoms with Crippen LogP contribution in [0.2, 0.25) is 0 Å². The zero-order valence-electron chi connectivity index (χ0n) is 7.96. The van der Waals surface area contributed by atoms with E-state index in [0.29, 0.717) is 4.61 Å². The molecule has 0 aromatic heterocycles. The van der Waals surface area contributed by atoms with Gasteiger partial charge in [-0.05, 0) is 0 Å². The number of oxime groups is 1. The molecule has 1 radical (unpaired) electrons. The van der Waals surface area contributed by atoms with Crippen molar-refractivity contribution in [2.24, 2.45) is 5.16 Å². The Bertz CT molecular complexity index is 335. The second kappa shape index (κ2) is 3.95. The molecule has 0 saturated heterocycles. The molecule has 2 nitrogen and oxygen atoms in total. The van der Waals surface area contributed by atoms with Crippen molar-refractivity contribution < 1.29 is 5.21 Å². The molecule has 0 saturated carbocycles. The van der Waals surface area contributed by atoms with Gasteiger partial charge in [0.15, 0.2) is 0 Å². The van der Waals surface area contributed by atoms with Gasteiger partial charge in [-0.15, -0.1) is 0 Å². The van der Waals surface area contributed by atoms with E-state index in [1.165, 1.54) is 5.56 Å². The molecule has 0 amide bonds. The first-order valence-electron chi connectivity index (χ1n) is 4.03. The van der Waals surface area contributed by atoms with E-state index in [-0.39, 0.29) is 0 Å². The molecule has 0 aliphatic rings. The van der Waals surface area contributed by atoms with Crippen LogP contribution >= 0.6 is 0 Å². The van der Waals surface area contributed by atoms with Crippen LogP contribution in [0.25, 0.3) is 0 Å². The molecule has 3 heteroatoms. The van der Waals surface area contributed by atoms with Gasteiger partial charge in [-0.25, -0.2) is 0 Å². The van der Waals surface area contributed by atoms with E-state index in [1.54, 1.807) is 0 Å². The summed E-state index contributed by atoms with van der Waals surface area (Å²) in [5, 5.41) is 11.8. The van der Waals surface area contributed by atoms with Gasteiger partial charge >= 0.3 is 86.1 Å². The van der Waals surface area contributed by atoms with Crippen LogP contribution in [0.15, 0.2) is 17.3 Å². The molecule has 0 bridgehead atoms. The van der Waals surface area contributed by atoms with Crippen LogP contribution in [-0.2, 0) is 0 Å². The van der Waals surface area contributed by atoms with E-state index in [9.17, 15) is 0 Å². The molecule has 69 valence electrons. The SMILES string of the molecule is Cc1cc(C)c(/C([Se])=N/O)c(C)c1. The molecule has 0 unspecified atom stereocenters. The monoisotopic (exact) mass is 242 g/mol. The number of aryl methyl sites for hydroxylation is 3. The van der Waals surface area contributed by atoms with E-state index >= 15 is 0 Å². The Balaban J connectivity index is 3.37. The molecule has 1 aromatic rings. The number of hydrogen-bond acceptors (Lipinski definition) is 2. The van der Waals surface area contributed by atoms with Crippen molar-refractivity contribution in [3.8, 4) is 0 Å². The molecule has 0 aliphatic heterocycles. The van der Waals surface area contributed by atoms with Gasteiger partial charge in [-0.2, -0.15) is 0 Å². The van der Waals surface area contributed by atoms with Gasteiger partial charge in [0, 0.05) is 0 Å². The molecule has 0 atom stereocenters. The fourth-order valence-electron chi connectivity index (χ4n) is 1.57. The van der Waals surface area contributed by atoms with Gasteiger partial charge in [0.25, 0.3) is 0 Å². The first-order chi connectivity index (χ1) is 6.06. The maximum atomic E-state index is 8.66. The van der Waals surface area contributed by atoms with Crippen LogP contribution in [0.3, 0.4) is 0 Å². The number of nitrogens with zero attached hydrogens (tertiary/aromatic N) is 1. The molecular weight excluding hydrogens is 229 g/mol. The molecular formula is C10H12NOSe. The summed E-state index contributed by atoms with van der Waals surface area (Å²) in [7, 11) is 0. The average molecular weight is 241 g/mol. The van der Waals surface area contributed by atoms with E-state index in [0.717, 1.165) is 16.7 Å². The van der Waals surface area contributed by atoms with Crippen molar-refractivity contribution in [3.63, 3.8) is 0 Å². The Labute approximate surface area is 86.5 Å². The van der Waals surface area contributed by atoms with Crippen LogP contribution < -0.4 is 0 Å². The maximum absolute atomic E-state index is 8.66. The van der Waals surface area contributed by atoms with E-state index in [4.69, 9.17) is 5.21 Å². The van der Waals surface area contributed by atoms with Crippen LogP contribution in [0.4, 0.5) is 0 Å². The molecule has 1 N–H and O–H groups in total. The molecule has 0 heterocycles. The van der Waals surface area contributed by atoms with Gasteiger partial charge in [-0.3, -0.25) is 0 Å². The topological polar surface area (TPSA) is 32.6 Å². The zero-order chi connectivity index (χ0) is 10.0. The normalized spacial score (nSPS) is 11.8. The van der Waals surface area contributed by atoms with Crippen LogP contribution in [0, 0.1) is 20.8 Å². The van der Waals surface area contributed by atoms with Crippen molar-refractivity contribution >= 4 is 20.6 Å². The molecule has 1 aromatic carbocycles. The summed E-state index contributed by atoms with van der Waals surface area (Å²) in [4.78, 5) is 0. The third-order valence-corrected chi connectivity index (χ3v) is 2.58. The van der Waals surface area contributed by atoms with Gasteiger partial charge in [0.1, 0.15) is 0 Å². The van der Waals surface area contributed by atoms with Crippen molar-refractivity contribution in [2.75, 3.05) is 0 Å². The van der Waals surface area contributed by atoms with Gasteiger partial charge in [-0.1, -0.05) is 0 Å². The summed E-state index contributed by atoms with van der Waals surface area (Å²) < 4.78 is 0.551. The fourth-order valence-corrected chi connectivity index (χ4v) is 2.24. The molecule has 13 heavy (non-hydrogen) atoms. The Kier molecular flexibility index (Phi) is 3.12. The molecule has 1 rings (SSSR count). The third-order valence-electron chi connectivity index (χ3n) is 1.98. The van der Waals surface area contributed by atoms with E-state index in [1.807, 2.05) is 13.8 Å². The van der Waals surface area contributed by atoms with Crippen LogP contribution in [-0.4, -0.2) is 25.8 Å². The number of rotatable bonds is 1. The first-order valence-corrected chi connectivity index (χ1v) is 4.89. The number of hydrogen-bond donors (Lipinski definition) is 1. The minimum absolute atomic E-state index is 0.551. The van der Waals surface area contributed by atoms with Crippen molar-refractivity contribution in [2.45, 2.75) is 20.8 Å². The molecule has 0 spiro atoms. The Morgan fingerprint density at radius 1 is 1.23 bits per heavy atom. The summed E-state index contributed by atoms with van der Waals surface area (Å²) in [5.74, 6) is 0. The van der Waals surface area contributed by atoms with Crippen LogP contribution in [0.5, 0.6) is 0 Å². The minimum atomic E-state index is 0.551. The summed E-state index contributed by atoms with van der Waals surface area (Å²) >= 11 is 2.74. The first kappa shape index (κ1) is 10.3. The predicted molar refractivity (Wildman–Crippen MR) is 54.7 cm³/mol. The van der Waals surface area contributed by atoms with Gasteiger partial charge in [0.05, 0.1) is 0 Å². The zero-order valence-corrected chi connectivity index (χ0v) is 9.67. The van der Waals surface area contributed by atoms with Crippen LogP contribution in [0.1, 0.15) is 22.3 Å². The average Bonchev–Trinajstić information content (AvgIpc) is 2.02. The van der Waals surface area contributed by atoms with Crippen molar-refractivity contribution in [1.29, 1.82) is 0 Å². The van der Waals surface area contributed by atoms with Crippen molar-refractivity contribution in [1.82, 2.24) is 0 Å². The summed E-state index contributed by atoms with van der Waals surface area (Å²) in [6, 6.07) is 4.15. The number of benzene rings is 1. The Morgan fingerprint density at radius 2 is 1.69 bits per heavy atom. The predicted octanol–water partition coefficient (Wildman–Crippen LogP) is 1.92. The molecule has 0 aliphatic carbocycles. The summed E-state index contributed by atoms with van der Waals surface area (Å²) in [6.07, 6.45) is 0. The second-order valence-corrected chi connectivity index (χ2v) is 3.99. The van der Waals surface area contributed by atoms with E-state index in [2.05, 4.69) is 40.2 Å².